The first-order chi connectivity index (χ1) is 10.7. The molecule has 0 fully saturated rings. The largest absolute Gasteiger partial charge is 0.462 e. The summed E-state index contributed by atoms with van der Waals surface area (Å²) in [6, 6.07) is -2.92. The average molecular weight is 402 g/mol. The molecule has 0 aliphatic carbocycles. The quantitative estimate of drug-likeness (QED) is 0.603. The van der Waals surface area contributed by atoms with E-state index in [0.29, 0.717) is 0 Å². The second-order valence-electron chi connectivity index (χ2n) is 4.66. The summed E-state index contributed by atoms with van der Waals surface area (Å²) in [7, 11) is 0. The van der Waals surface area contributed by atoms with Crippen LogP contribution in [-0.2, 0) is 21.9 Å². The van der Waals surface area contributed by atoms with Gasteiger partial charge in [0, 0.05) is 0 Å². The summed E-state index contributed by atoms with van der Waals surface area (Å²) >= 11 is 0. The van der Waals surface area contributed by atoms with Crippen molar-refractivity contribution >= 4 is 18.4 Å². The fourth-order valence-corrected chi connectivity index (χ4v) is 1.72. The molecule has 1 aromatic rings. The number of nitrogens with two attached hydrogens (primary N) is 1. The van der Waals surface area contributed by atoms with E-state index in [9.17, 15) is 39.9 Å². The van der Waals surface area contributed by atoms with Crippen LogP contribution in [-0.4, -0.2) is 18.5 Å². The van der Waals surface area contributed by atoms with Gasteiger partial charge in [0.1, 0.15) is 6.04 Å². The molecule has 1 rings (SSSR count). The van der Waals surface area contributed by atoms with Crippen molar-refractivity contribution in [3.8, 4) is 0 Å². The van der Waals surface area contributed by atoms with Crippen molar-refractivity contribution in [1.29, 1.82) is 0 Å². The molecule has 0 amide bonds. The second kappa shape index (κ2) is 7.73. The highest BCUT2D eigenvalue weighted by Gasteiger charge is 2.49. The standard InChI is InChI=1S/C13H11F8NO2.ClH/c1-2-24-10(23)11(14,15)9(22)6-3-7(12(16,17)18)5-8(4-6)13(19,20)21;/h3-5,9H,2,22H2,1H3;1H/t9-;/m0./s1. The normalized spacial score (nSPS) is 13.8. The SMILES string of the molecule is CCOC(=O)C(F)(F)[C@@H](N)c1cc(C(F)(F)F)cc(C(F)(F)F)c1.Cl. The molecule has 1 aromatic carbocycles. The van der Waals surface area contributed by atoms with E-state index >= 15 is 0 Å². The summed E-state index contributed by atoms with van der Waals surface area (Å²) in [6.07, 6.45) is -10.5. The van der Waals surface area contributed by atoms with Crippen molar-refractivity contribution in [2.45, 2.75) is 31.2 Å². The third-order valence-electron chi connectivity index (χ3n) is 2.91. The van der Waals surface area contributed by atoms with Gasteiger partial charge < -0.3 is 10.5 Å². The Hall–Kier alpha value is -1.62. The molecular formula is C13H12ClF8NO2. The average Bonchev–Trinajstić information content (AvgIpc) is 2.44. The first-order valence-electron chi connectivity index (χ1n) is 6.31. The molecule has 3 nitrogen and oxygen atoms in total. The van der Waals surface area contributed by atoms with Gasteiger partial charge in [-0.1, -0.05) is 0 Å². The van der Waals surface area contributed by atoms with Gasteiger partial charge in [0.2, 0.25) is 0 Å². The van der Waals surface area contributed by atoms with E-state index in [0.717, 1.165) is 0 Å². The Bertz CT molecular complexity index is 583. The molecule has 0 aliphatic rings. The number of alkyl halides is 8. The number of ether oxygens (including phenoxy) is 1. The molecule has 25 heavy (non-hydrogen) atoms. The molecule has 0 unspecified atom stereocenters. The van der Waals surface area contributed by atoms with E-state index in [1.54, 1.807) is 0 Å². The Labute approximate surface area is 142 Å². The summed E-state index contributed by atoms with van der Waals surface area (Å²) in [5.41, 5.74) is 0.210. The topological polar surface area (TPSA) is 52.3 Å². The van der Waals surface area contributed by atoms with Crippen molar-refractivity contribution in [3.63, 3.8) is 0 Å². The number of hydrogen-bond acceptors (Lipinski definition) is 3. The fraction of sp³-hybridized carbons (Fsp3) is 0.462. The third-order valence-corrected chi connectivity index (χ3v) is 2.91. The smallest absolute Gasteiger partial charge is 0.416 e. The van der Waals surface area contributed by atoms with Gasteiger partial charge in [-0.15, -0.1) is 12.4 Å². The van der Waals surface area contributed by atoms with Gasteiger partial charge in [0.05, 0.1) is 17.7 Å². The molecule has 0 aromatic heterocycles. The number of halogens is 9. The van der Waals surface area contributed by atoms with E-state index < -0.39 is 53.6 Å². The van der Waals surface area contributed by atoms with E-state index in [1.807, 2.05) is 0 Å². The molecule has 144 valence electrons. The number of hydrogen-bond donors (Lipinski definition) is 1. The van der Waals surface area contributed by atoms with Crippen LogP contribution in [0, 0.1) is 0 Å². The molecular weight excluding hydrogens is 390 g/mol. The van der Waals surface area contributed by atoms with Crippen LogP contribution in [0.2, 0.25) is 0 Å². The summed E-state index contributed by atoms with van der Waals surface area (Å²) < 4.78 is 108. The van der Waals surface area contributed by atoms with Crippen molar-refractivity contribution in [1.82, 2.24) is 0 Å². The third kappa shape index (κ3) is 5.43. The molecule has 0 aliphatic heterocycles. The minimum atomic E-state index is -5.23. The highest BCUT2D eigenvalue weighted by molar-refractivity contribution is 5.85. The number of carbonyl (C=O) groups excluding carboxylic acids is 1. The fourth-order valence-electron chi connectivity index (χ4n) is 1.72. The van der Waals surface area contributed by atoms with Crippen molar-refractivity contribution in [2.75, 3.05) is 6.61 Å². The molecule has 0 spiro atoms. The highest BCUT2D eigenvalue weighted by atomic mass is 35.5. The van der Waals surface area contributed by atoms with Crippen LogP contribution in [0.1, 0.15) is 29.7 Å². The van der Waals surface area contributed by atoms with E-state index in [4.69, 9.17) is 5.73 Å². The molecule has 1 atom stereocenters. The van der Waals surface area contributed by atoms with Gasteiger partial charge in [-0.2, -0.15) is 35.1 Å². The zero-order chi connectivity index (χ0) is 18.9. The van der Waals surface area contributed by atoms with Crippen LogP contribution in [0.3, 0.4) is 0 Å². The molecule has 2 N–H and O–H groups in total. The van der Waals surface area contributed by atoms with Crippen LogP contribution in [0.25, 0.3) is 0 Å². The van der Waals surface area contributed by atoms with Gasteiger partial charge in [-0.25, -0.2) is 4.79 Å². The lowest BCUT2D eigenvalue weighted by atomic mass is 9.96. The van der Waals surface area contributed by atoms with E-state index in [1.165, 1.54) is 6.92 Å². The highest BCUT2D eigenvalue weighted by Crippen LogP contribution is 2.39. The number of esters is 1. The zero-order valence-corrected chi connectivity index (χ0v) is 13.2. The summed E-state index contributed by atoms with van der Waals surface area (Å²) in [5, 5.41) is 0. The molecule has 0 bridgehead atoms. The van der Waals surface area contributed by atoms with Crippen LogP contribution in [0.4, 0.5) is 35.1 Å². The molecule has 0 saturated carbocycles. The van der Waals surface area contributed by atoms with Gasteiger partial charge >= 0.3 is 24.2 Å². The summed E-state index contributed by atoms with van der Waals surface area (Å²) in [6.45, 7) is 0.711. The van der Waals surface area contributed by atoms with Gasteiger partial charge in [0.25, 0.3) is 0 Å². The lowest BCUT2D eigenvalue weighted by Gasteiger charge is -2.23. The lowest BCUT2D eigenvalue weighted by Crippen LogP contribution is -2.42. The van der Waals surface area contributed by atoms with Crippen LogP contribution in [0.15, 0.2) is 18.2 Å². The van der Waals surface area contributed by atoms with Crippen LogP contribution in [0.5, 0.6) is 0 Å². The Kier molecular flexibility index (Phi) is 7.23. The molecule has 0 heterocycles. The number of rotatable bonds is 4. The van der Waals surface area contributed by atoms with Gasteiger partial charge in [-0.05, 0) is 30.7 Å². The maximum Gasteiger partial charge on any atom is 0.416 e. The maximum absolute atomic E-state index is 13.8. The molecule has 0 saturated heterocycles. The summed E-state index contributed by atoms with van der Waals surface area (Å²) in [4.78, 5) is 11.1. The minimum Gasteiger partial charge on any atom is -0.462 e. The maximum atomic E-state index is 13.8. The second-order valence-corrected chi connectivity index (χ2v) is 4.66. The first kappa shape index (κ1) is 23.4. The Morgan fingerprint density at radius 3 is 1.72 bits per heavy atom. The monoisotopic (exact) mass is 401 g/mol. The lowest BCUT2D eigenvalue weighted by molar-refractivity contribution is -0.174. The van der Waals surface area contributed by atoms with Crippen LogP contribution < -0.4 is 5.73 Å². The molecule has 12 heteroatoms. The predicted molar refractivity (Wildman–Crippen MR) is 72.2 cm³/mol. The minimum absolute atomic E-state index is 0. The van der Waals surface area contributed by atoms with Crippen molar-refractivity contribution < 1.29 is 44.7 Å². The Balaban J connectivity index is 0.00000576. The predicted octanol–water partition coefficient (Wildman–Crippen LogP) is 4.34. The van der Waals surface area contributed by atoms with Crippen LogP contribution >= 0.6 is 12.4 Å². The first-order valence-corrected chi connectivity index (χ1v) is 6.31. The van der Waals surface area contributed by atoms with E-state index in [2.05, 4.69) is 4.74 Å². The van der Waals surface area contributed by atoms with Crippen molar-refractivity contribution in [3.05, 3.63) is 34.9 Å². The number of carbonyl (C=O) groups is 1. The van der Waals surface area contributed by atoms with Gasteiger partial charge in [-0.3, -0.25) is 0 Å². The Morgan fingerprint density at radius 2 is 1.40 bits per heavy atom. The van der Waals surface area contributed by atoms with Gasteiger partial charge in [0.15, 0.2) is 0 Å². The van der Waals surface area contributed by atoms with E-state index in [-0.39, 0.29) is 30.6 Å². The number of benzene rings is 1. The van der Waals surface area contributed by atoms with Crippen molar-refractivity contribution in [2.24, 2.45) is 5.73 Å². The summed E-state index contributed by atoms with van der Waals surface area (Å²) in [5.74, 6) is -6.66. The zero-order valence-electron chi connectivity index (χ0n) is 12.3. The Morgan fingerprint density at radius 1 is 1.00 bits per heavy atom. The molecule has 0 radical (unpaired) electrons.